The lowest BCUT2D eigenvalue weighted by Crippen LogP contribution is -2.40. The zero-order valence-corrected chi connectivity index (χ0v) is 17.3. The number of rotatable bonds is 1. The molecule has 8 nitrogen and oxygen atoms in total. The maximum atomic E-state index is 12.7. The Morgan fingerprint density at radius 2 is 1.93 bits per heavy atom. The molecule has 0 saturated carbocycles. The van der Waals surface area contributed by atoms with Crippen LogP contribution in [-0.2, 0) is 4.79 Å². The van der Waals surface area contributed by atoms with Crippen LogP contribution in [0.5, 0.6) is 0 Å². The number of nitrogens with one attached hydrogen (secondary N) is 2. The molecule has 4 bridgehead atoms. The van der Waals surface area contributed by atoms with Crippen molar-refractivity contribution < 1.29 is 14.7 Å². The van der Waals surface area contributed by atoms with Gasteiger partial charge in [-0.05, 0) is 43.5 Å². The molecule has 3 rings (SSSR count). The number of amides is 2. The molecular formula is C20H25N5O3S. The molecule has 0 aliphatic carbocycles. The van der Waals surface area contributed by atoms with Crippen molar-refractivity contribution in [2.75, 3.05) is 24.6 Å². The molecule has 1 aromatic heterocycles. The van der Waals surface area contributed by atoms with Gasteiger partial charge >= 0.3 is 0 Å². The second-order valence-corrected chi connectivity index (χ2v) is 8.14. The van der Waals surface area contributed by atoms with Gasteiger partial charge in [-0.15, -0.1) is 11.8 Å². The van der Waals surface area contributed by atoms with Crippen LogP contribution in [0.25, 0.3) is 11.3 Å². The fourth-order valence-corrected chi connectivity index (χ4v) is 4.09. The SMILES string of the molecule is Cc1cc(C)c2cc1C(=O)NCCC(CO)NC(=O)CCSc1cc-2nc(N)n1. The third kappa shape index (κ3) is 5.24. The average molecular weight is 416 g/mol. The minimum absolute atomic E-state index is 0.141. The lowest BCUT2D eigenvalue weighted by molar-refractivity contribution is -0.121. The van der Waals surface area contributed by atoms with E-state index in [1.807, 2.05) is 32.0 Å². The Labute approximate surface area is 173 Å². The molecule has 1 atom stereocenters. The highest BCUT2D eigenvalue weighted by molar-refractivity contribution is 7.99. The molecule has 5 N–H and O–H groups in total. The monoisotopic (exact) mass is 415 g/mol. The molecule has 2 heterocycles. The summed E-state index contributed by atoms with van der Waals surface area (Å²) < 4.78 is 0. The van der Waals surface area contributed by atoms with Crippen LogP contribution < -0.4 is 16.4 Å². The van der Waals surface area contributed by atoms with Gasteiger partial charge in [0.1, 0.15) is 5.03 Å². The first-order chi connectivity index (χ1) is 13.9. The lowest BCUT2D eigenvalue weighted by Gasteiger charge is -2.18. The van der Waals surface area contributed by atoms with Gasteiger partial charge in [-0.2, -0.15) is 0 Å². The molecule has 1 aliphatic rings. The summed E-state index contributed by atoms with van der Waals surface area (Å²) in [7, 11) is 0. The molecule has 29 heavy (non-hydrogen) atoms. The molecule has 154 valence electrons. The van der Waals surface area contributed by atoms with Crippen LogP contribution in [0.4, 0.5) is 5.95 Å². The Morgan fingerprint density at radius 1 is 1.17 bits per heavy atom. The topological polar surface area (TPSA) is 130 Å². The number of benzene rings is 1. The van der Waals surface area contributed by atoms with Crippen LogP contribution in [0.2, 0.25) is 0 Å². The Kier molecular flexibility index (Phi) is 6.71. The highest BCUT2D eigenvalue weighted by atomic mass is 32.2. The molecule has 0 spiro atoms. The van der Waals surface area contributed by atoms with Crippen molar-refractivity contribution in [1.29, 1.82) is 0 Å². The number of fused-ring (bicyclic) bond motifs is 5. The fourth-order valence-electron chi connectivity index (χ4n) is 3.24. The number of carbonyl (C=O) groups is 2. The van der Waals surface area contributed by atoms with Crippen molar-refractivity contribution in [3.63, 3.8) is 0 Å². The maximum absolute atomic E-state index is 12.7. The highest BCUT2D eigenvalue weighted by Crippen LogP contribution is 2.29. The van der Waals surface area contributed by atoms with E-state index in [1.54, 1.807) is 0 Å². The normalized spacial score (nSPS) is 18.1. The number of carbonyl (C=O) groups excluding carboxylic acids is 2. The average Bonchev–Trinajstić information content (AvgIpc) is 2.66. The Balaban J connectivity index is 2.02. The van der Waals surface area contributed by atoms with Gasteiger partial charge < -0.3 is 21.5 Å². The summed E-state index contributed by atoms with van der Waals surface area (Å²) in [6.07, 6.45) is 0.720. The summed E-state index contributed by atoms with van der Waals surface area (Å²) in [6, 6.07) is 5.19. The second kappa shape index (κ2) is 9.23. The number of nitrogens with two attached hydrogens (primary N) is 1. The lowest BCUT2D eigenvalue weighted by atomic mass is 9.97. The van der Waals surface area contributed by atoms with E-state index in [4.69, 9.17) is 5.73 Å². The van der Waals surface area contributed by atoms with Crippen LogP contribution >= 0.6 is 11.8 Å². The van der Waals surface area contributed by atoms with Crippen LogP contribution in [0.1, 0.15) is 34.3 Å². The van der Waals surface area contributed by atoms with Crippen molar-refractivity contribution in [3.8, 4) is 11.3 Å². The number of hydrogen-bond donors (Lipinski definition) is 4. The van der Waals surface area contributed by atoms with Crippen molar-refractivity contribution in [1.82, 2.24) is 20.6 Å². The zero-order chi connectivity index (χ0) is 21.0. The van der Waals surface area contributed by atoms with Gasteiger partial charge in [0.2, 0.25) is 11.9 Å². The maximum Gasteiger partial charge on any atom is 0.251 e. The standard InChI is InChI=1S/C20H25N5O3S/c1-11-7-12(2)15-8-14(11)16-9-18(25-20(21)24-16)29-6-4-17(27)23-13(10-26)3-5-22-19(15)28/h7-9,13,26H,3-6,10H2,1-2H3,(H,22,28)(H,23,27)(H2,21,24,25). The third-order valence-electron chi connectivity index (χ3n) is 4.75. The first-order valence-electron chi connectivity index (χ1n) is 9.44. The van der Waals surface area contributed by atoms with Gasteiger partial charge in [0.05, 0.1) is 18.3 Å². The first kappa shape index (κ1) is 21.1. The number of aromatic nitrogens is 2. The molecule has 2 aromatic rings. The van der Waals surface area contributed by atoms with Gasteiger partial charge in [0.15, 0.2) is 0 Å². The summed E-state index contributed by atoms with van der Waals surface area (Å²) in [4.78, 5) is 33.5. The Bertz CT molecular complexity index is 935. The van der Waals surface area contributed by atoms with E-state index >= 15 is 0 Å². The predicted octanol–water partition coefficient (Wildman–Crippen LogP) is 1.44. The summed E-state index contributed by atoms with van der Waals surface area (Å²) in [5.41, 5.74) is 9.75. The smallest absolute Gasteiger partial charge is 0.251 e. The van der Waals surface area contributed by atoms with Crippen LogP contribution in [0, 0.1) is 13.8 Å². The zero-order valence-electron chi connectivity index (χ0n) is 16.5. The summed E-state index contributed by atoms with van der Waals surface area (Å²) in [5.74, 6) is 0.292. The van der Waals surface area contributed by atoms with Crippen LogP contribution in [0.3, 0.4) is 0 Å². The predicted molar refractivity (Wildman–Crippen MR) is 113 cm³/mol. The molecule has 1 aromatic carbocycles. The molecule has 0 saturated heterocycles. The molecule has 1 aliphatic heterocycles. The first-order valence-corrected chi connectivity index (χ1v) is 10.4. The third-order valence-corrected chi connectivity index (χ3v) is 5.67. The molecular weight excluding hydrogens is 390 g/mol. The minimum atomic E-state index is -0.406. The van der Waals surface area contributed by atoms with E-state index in [-0.39, 0.29) is 30.8 Å². The van der Waals surface area contributed by atoms with E-state index in [0.717, 1.165) is 16.7 Å². The van der Waals surface area contributed by atoms with E-state index in [0.29, 0.717) is 35.0 Å². The summed E-state index contributed by atoms with van der Waals surface area (Å²) in [5, 5.41) is 15.8. The number of thioether (sulfide) groups is 1. The van der Waals surface area contributed by atoms with Crippen LogP contribution in [-0.4, -0.2) is 51.8 Å². The van der Waals surface area contributed by atoms with E-state index in [2.05, 4.69) is 20.6 Å². The van der Waals surface area contributed by atoms with Crippen molar-refractivity contribution in [2.24, 2.45) is 0 Å². The summed E-state index contributed by atoms with van der Waals surface area (Å²) >= 11 is 1.41. The van der Waals surface area contributed by atoms with Crippen LogP contribution in [0.15, 0.2) is 23.2 Å². The number of hydrogen-bond acceptors (Lipinski definition) is 7. The van der Waals surface area contributed by atoms with Crippen molar-refractivity contribution in [3.05, 3.63) is 34.9 Å². The second-order valence-electron chi connectivity index (χ2n) is 7.02. The number of nitrogen functional groups attached to an aromatic ring is 1. The minimum Gasteiger partial charge on any atom is -0.394 e. The van der Waals surface area contributed by atoms with Gasteiger partial charge in [-0.1, -0.05) is 6.07 Å². The molecule has 0 radical (unpaired) electrons. The van der Waals surface area contributed by atoms with E-state index in [1.165, 1.54) is 11.8 Å². The number of aryl methyl sites for hydroxylation is 2. The van der Waals surface area contributed by atoms with Gasteiger partial charge in [-0.25, -0.2) is 9.97 Å². The van der Waals surface area contributed by atoms with E-state index in [9.17, 15) is 14.7 Å². The number of nitrogens with zero attached hydrogens (tertiary/aromatic N) is 2. The molecule has 1 unspecified atom stereocenters. The number of aliphatic hydroxyl groups is 1. The van der Waals surface area contributed by atoms with E-state index < -0.39 is 6.04 Å². The highest BCUT2D eigenvalue weighted by Gasteiger charge is 2.17. The largest absolute Gasteiger partial charge is 0.394 e. The van der Waals surface area contributed by atoms with Crippen molar-refractivity contribution in [2.45, 2.75) is 37.8 Å². The number of anilines is 1. The van der Waals surface area contributed by atoms with Gasteiger partial charge in [-0.3, -0.25) is 9.59 Å². The van der Waals surface area contributed by atoms with Gasteiger partial charge in [0.25, 0.3) is 5.91 Å². The Morgan fingerprint density at radius 3 is 2.69 bits per heavy atom. The van der Waals surface area contributed by atoms with Crippen molar-refractivity contribution >= 4 is 29.5 Å². The molecule has 0 fully saturated rings. The Hall–Kier alpha value is -2.65. The fraction of sp³-hybridized carbons (Fsp3) is 0.400. The molecule has 2 amide bonds. The van der Waals surface area contributed by atoms with Gasteiger partial charge in [0, 0.05) is 29.8 Å². The summed E-state index contributed by atoms with van der Waals surface area (Å²) in [6.45, 7) is 4.00. The quantitative estimate of drug-likeness (QED) is 0.518. The molecule has 9 heteroatoms. The number of aliphatic hydroxyl groups excluding tert-OH is 1.